The van der Waals surface area contributed by atoms with Gasteiger partial charge in [-0.05, 0) is 17.7 Å². The van der Waals surface area contributed by atoms with Gasteiger partial charge < -0.3 is 10.1 Å². The van der Waals surface area contributed by atoms with Crippen LogP contribution in [0.15, 0.2) is 59.7 Å². The van der Waals surface area contributed by atoms with Crippen LogP contribution in [-0.2, 0) is 16.0 Å². The molecular formula is C20H21N3O3. The van der Waals surface area contributed by atoms with Gasteiger partial charge in [0, 0.05) is 26.3 Å². The summed E-state index contributed by atoms with van der Waals surface area (Å²) >= 11 is 0. The molecule has 0 saturated carbocycles. The largest absolute Gasteiger partial charge is 0.491 e. The number of rotatable bonds is 6. The van der Waals surface area contributed by atoms with Crippen LogP contribution in [0.2, 0.25) is 0 Å². The highest BCUT2D eigenvalue weighted by Crippen LogP contribution is 2.24. The van der Waals surface area contributed by atoms with E-state index >= 15 is 0 Å². The summed E-state index contributed by atoms with van der Waals surface area (Å²) in [7, 11) is 1.55. The van der Waals surface area contributed by atoms with E-state index in [0.29, 0.717) is 30.2 Å². The average Bonchev–Trinajstić information content (AvgIpc) is 2.66. The third-order valence-corrected chi connectivity index (χ3v) is 4.10. The molecule has 0 fully saturated rings. The molecule has 3 rings (SSSR count). The molecular weight excluding hydrogens is 330 g/mol. The normalized spacial score (nSPS) is 14.0. The Morgan fingerprint density at radius 2 is 1.85 bits per heavy atom. The molecule has 2 aromatic rings. The van der Waals surface area contributed by atoms with Crippen molar-refractivity contribution in [2.75, 3.05) is 19.0 Å². The standard InChI is InChI=1S/C20H21N3O3/c1-23-19(24)12-11-17(22-23)20(25)21-16-9-5-6-10-18(16)26-14-13-15-7-3-2-4-8-15/h2-10H,11-14H2,1H3,(H,21,25). The van der Waals surface area contributed by atoms with Crippen LogP contribution in [0.4, 0.5) is 5.69 Å². The molecule has 0 unspecified atom stereocenters. The Morgan fingerprint density at radius 3 is 2.62 bits per heavy atom. The Labute approximate surface area is 152 Å². The van der Waals surface area contributed by atoms with Crippen molar-refractivity contribution in [1.82, 2.24) is 5.01 Å². The van der Waals surface area contributed by atoms with E-state index < -0.39 is 0 Å². The Morgan fingerprint density at radius 1 is 1.12 bits per heavy atom. The van der Waals surface area contributed by atoms with Gasteiger partial charge in [-0.1, -0.05) is 42.5 Å². The van der Waals surface area contributed by atoms with Gasteiger partial charge in [0.05, 0.1) is 12.3 Å². The number of para-hydroxylation sites is 2. The second-order valence-corrected chi connectivity index (χ2v) is 6.00. The van der Waals surface area contributed by atoms with E-state index in [1.807, 2.05) is 36.4 Å². The molecule has 0 radical (unpaired) electrons. The highest BCUT2D eigenvalue weighted by molar-refractivity contribution is 6.43. The lowest BCUT2D eigenvalue weighted by Crippen LogP contribution is -2.34. The van der Waals surface area contributed by atoms with Gasteiger partial charge in [-0.15, -0.1) is 0 Å². The van der Waals surface area contributed by atoms with E-state index in [1.54, 1.807) is 13.1 Å². The van der Waals surface area contributed by atoms with E-state index in [1.165, 1.54) is 10.6 Å². The molecule has 0 aromatic heterocycles. The number of ether oxygens (including phenoxy) is 1. The van der Waals surface area contributed by atoms with Crippen molar-refractivity contribution in [3.8, 4) is 5.75 Å². The number of nitrogens with zero attached hydrogens (tertiary/aromatic N) is 2. The number of hydrogen-bond acceptors (Lipinski definition) is 4. The average molecular weight is 351 g/mol. The maximum absolute atomic E-state index is 12.4. The Kier molecular flexibility index (Phi) is 5.63. The second kappa shape index (κ2) is 8.29. The fourth-order valence-electron chi connectivity index (χ4n) is 2.65. The van der Waals surface area contributed by atoms with E-state index in [2.05, 4.69) is 22.6 Å². The number of amides is 2. The summed E-state index contributed by atoms with van der Waals surface area (Å²) in [5.41, 5.74) is 2.12. The molecule has 1 N–H and O–H groups in total. The van der Waals surface area contributed by atoms with Crippen LogP contribution < -0.4 is 10.1 Å². The SMILES string of the molecule is CN1N=C(C(=O)Nc2ccccc2OCCc2ccccc2)CCC1=O. The van der Waals surface area contributed by atoms with E-state index in [4.69, 9.17) is 4.74 Å². The molecule has 26 heavy (non-hydrogen) atoms. The van der Waals surface area contributed by atoms with Gasteiger partial charge in [0.1, 0.15) is 11.5 Å². The van der Waals surface area contributed by atoms with Gasteiger partial charge in [0.2, 0.25) is 5.91 Å². The number of anilines is 1. The van der Waals surface area contributed by atoms with Gasteiger partial charge in [-0.25, -0.2) is 5.01 Å². The van der Waals surface area contributed by atoms with E-state index in [9.17, 15) is 9.59 Å². The summed E-state index contributed by atoms with van der Waals surface area (Å²) in [5, 5.41) is 8.08. The number of carbonyl (C=O) groups is 2. The lowest BCUT2D eigenvalue weighted by Gasteiger charge is -2.19. The molecule has 0 atom stereocenters. The molecule has 2 amide bonds. The van der Waals surface area contributed by atoms with Crippen LogP contribution >= 0.6 is 0 Å². The van der Waals surface area contributed by atoms with Crippen LogP contribution in [0.5, 0.6) is 5.75 Å². The first-order chi connectivity index (χ1) is 12.6. The predicted molar refractivity (Wildman–Crippen MR) is 100 cm³/mol. The Bertz CT molecular complexity index is 818. The zero-order valence-corrected chi connectivity index (χ0v) is 14.6. The summed E-state index contributed by atoms with van der Waals surface area (Å²) in [6, 6.07) is 17.4. The monoisotopic (exact) mass is 351 g/mol. The minimum atomic E-state index is -0.316. The first kappa shape index (κ1) is 17.7. The van der Waals surface area contributed by atoms with Crippen molar-refractivity contribution in [3.63, 3.8) is 0 Å². The first-order valence-electron chi connectivity index (χ1n) is 8.54. The fourth-order valence-corrected chi connectivity index (χ4v) is 2.65. The van der Waals surface area contributed by atoms with Crippen molar-refractivity contribution in [3.05, 3.63) is 60.2 Å². The molecule has 0 aliphatic carbocycles. The van der Waals surface area contributed by atoms with Crippen LogP contribution in [0.3, 0.4) is 0 Å². The molecule has 1 heterocycles. The fraction of sp³-hybridized carbons (Fsp3) is 0.250. The second-order valence-electron chi connectivity index (χ2n) is 6.00. The summed E-state index contributed by atoms with van der Waals surface area (Å²) < 4.78 is 5.85. The van der Waals surface area contributed by atoms with Crippen LogP contribution in [0, 0.1) is 0 Å². The molecule has 0 spiro atoms. The van der Waals surface area contributed by atoms with Gasteiger partial charge in [0.15, 0.2) is 0 Å². The lowest BCUT2D eigenvalue weighted by molar-refractivity contribution is -0.130. The topological polar surface area (TPSA) is 71.0 Å². The van der Waals surface area contributed by atoms with Crippen molar-refractivity contribution in [2.24, 2.45) is 5.10 Å². The third-order valence-electron chi connectivity index (χ3n) is 4.10. The molecule has 6 heteroatoms. The summed E-state index contributed by atoms with van der Waals surface area (Å²) in [4.78, 5) is 23.9. The molecule has 1 aliphatic heterocycles. The highest BCUT2D eigenvalue weighted by Gasteiger charge is 2.22. The Balaban J connectivity index is 1.62. The molecule has 134 valence electrons. The highest BCUT2D eigenvalue weighted by atomic mass is 16.5. The van der Waals surface area contributed by atoms with Crippen molar-refractivity contribution in [1.29, 1.82) is 0 Å². The van der Waals surface area contributed by atoms with E-state index in [-0.39, 0.29) is 18.2 Å². The molecule has 0 bridgehead atoms. The van der Waals surface area contributed by atoms with Crippen LogP contribution in [0.1, 0.15) is 18.4 Å². The summed E-state index contributed by atoms with van der Waals surface area (Å²) in [5.74, 6) is 0.201. The third kappa shape index (κ3) is 4.47. The molecule has 2 aromatic carbocycles. The van der Waals surface area contributed by atoms with Crippen molar-refractivity contribution in [2.45, 2.75) is 19.3 Å². The van der Waals surface area contributed by atoms with E-state index in [0.717, 1.165) is 6.42 Å². The van der Waals surface area contributed by atoms with Gasteiger partial charge in [0.25, 0.3) is 5.91 Å². The Hall–Kier alpha value is -3.15. The molecule has 0 saturated heterocycles. The van der Waals surface area contributed by atoms with Gasteiger partial charge in [-0.2, -0.15) is 5.10 Å². The quantitative estimate of drug-likeness (QED) is 0.870. The smallest absolute Gasteiger partial charge is 0.271 e. The number of hydrazone groups is 1. The summed E-state index contributed by atoms with van der Waals surface area (Å²) in [6.45, 7) is 0.509. The van der Waals surface area contributed by atoms with Gasteiger partial charge in [-0.3, -0.25) is 9.59 Å². The minimum Gasteiger partial charge on any atom is -0.491 e. The predicted octanol–water partition coefficient (Wildman–Crippen LogP) is 2.85. The molecule has 1 aliphatic rings. The zero-order valence-electron chi connectivity index (χ0n) is 14.6. The van der Waals surface area contributed by atoms with Crippen molar-refractivity contribution < 1.29 is 14.3 Å². The van der Waals surface area contributed by atoms with Crippen molar-refractivity contribution >= 4 is 23.2 Å². The lowest BCUT2D eigenvalue weighted by atomic mass is 10.1. The first-order valence-corrected chi connectivity index (χ1v) is 8.54. The zero-order chi connectivity index (χ0) is 18.4. The van der Waals surface area contributed by atoms with Crippen LogP contribution in [0.25, 0.3) is 0 Å². The van der Waals surface area contributed by atoms with Gasteiger partial charge >= 0.3 is 0 Å². The minimum absolute atomic E-state index is 0.0915. The maximum atomic E-state index is 12.4. The number of carbonyl (C=O) groups excluding carboxylic acids is 2. The number of benzene rings is 2. The number of hydrogen-bond donors (Lipinski definition) is 1. The maximum Gasteiger partial charge on any atom is 0.271 e. The number of nitrogens with one attached hydrogen (secondary N) is 1. The van der Waals surface area contributed by atoms with Crippen LogP contribution in [-0.4, -0.2) is 36.2 Å². The molecule has 6 nitrogen and oxygen atoms in total. The summed E-state index contributed by atoms with van der Waals surface area (Å²) in [6.07, 6.45) is 1.41.